The van der Waals surface area contributed by atoms with Gasteiger partial charge in [0.15, 0.2) is 10.2 Å². The molecular formula is C10H9ClN2O2S2. The third-order valence-corrected chi connectivity index (χ3v) is 5.18. The standard InChI is InChI=1S/C10H9ClN2O2S2/c1-6-2-4-7(5-3-6)17(14,15)9-8(11)16-10(12)13-9/h2-5H,1H3,(H2,12,13). The number of sulfone groups is 1. The van der Waals surface area contributed by atoms with Gasteiger partial charge in [0.25, 0.3) is 0 Å². The maximum Gasteiger partial charge on any atom is 0.226 e. The monoisotopic (exact) mass is 288 g/mol. The van der Waals surface area contributed by atoms with E-state index in [1.165, 1.54) is 12.1 Å². The van der Waals surface area contributed by atoms with Crippen molar-refractivity contribution < 1.29 is 8.42 Å². The van der Waals surface area contributed by atoms with Crippen molar-refractivity contribution in [2.75, 3.05) is 5.73 Å². The van der Waals surface area contributed by atoms with E-state index in [1.54, 1.807) is 12.1 Å². The van der Waals surface area contributed by atoms with E-state index in [2.05, 4.69) is 4.98 Å². The highest BCUT2D eigenvalue weighted by molar-refractivity contribution is 7.91. The van der Waals surface area contributed by atoms with E-state index in [0.29, 0.717) is 0 Å². The molecule has 0 aliphatic carbocycles. The van der Waals surface area contributed by atoms with Gasteiger partial charge in [-0.25, -0.2) is 13.4 Å². The average molecular weight is 289 g/mol. The maximum absolute atomic E-state index is 12.2. The van der Waals surface area contributed by atoms with Gasteiger partial charge < -0.3 is 5.73 Å². The van der Waals surface area contributed by atoms with Gasteiger partial charge in [-0.2, -0.15) is 0 Å². The molecule has 1 aromatic heterocycles. The zero-order valence-corrected chi connectivity index (χ0v) is 11.2. The van der Waals surface area contributed by atoms with Crippen molar-refractivity contribution in [2.45, 2.75) is 16.8 Å². The lowest BCUT2D eigenvalue weighted by Crippen LogP contribution is -2.03. The van der Waals surface area contributed by atoms with Crippen molar-refractivity contribution >= 4 is 37.9 Å². The molecule has 0 amide bonds. The first kappa shape index (κ1) is 12.3. The maximum atomic E-state index is 12.2. The van der Waals surface area contributed by atoms with Gasteiger partial charge in [-0.1, -0.05) is 40.6 Å². The van der Waals surface area contributed by atoms with Crippen LogP contribution < -0.4 is 5.73 Å². The average Bonchev–Trinajstić information content (AvgIpc) is 2.59. The zero-order chi connectivity index (χ0) is 12.6. The highest BCUT2D eigenvalue weighted by Gasteiger charge is 2.24. The minimum atomic E-state index is -3.68. The molecule has 0 saturated carbocycles. The van der Waals surface area contributed by atoms with Crippen LogP contribution >= 0.6 is 22.9 Å². The topological polar surface area (TPSA) is 73.0 Å². The van der Waals surface area contributed by atoms with Crippen LogP contribution in [0.5, 0.6) is 0 Å². The lowest BCUT2D eigenvalue weighted by molar-refractivity contribution is 0.593. The summed E-state index contributed by atoms with van der Waals surface area (Å²) in [7, 11) is -3.68. The minimum absolute atomic E-state index is 0.0862. The molecule has 0 spiro atoms. The Morgan fingerprint density at radius 3 is 2.35 bits per heavy atom. The van der Waals surface area contributed by atoms with Crippen LogP contribution in [0.2, 0.25) is 4.34 Å². The molecule has 0 unspecified atom stereocenters. The molecule has 0 fully saturated rings. The normalized spacial score (nSPS) is 11.6. The summed E-state index contributed by atoms with van der Waals surface area (Å²) in [6.45, 7) is 1.88. The van der Waals surface area contributed by atoms with E-state index in [1.807, 2.05) is 6.92 Å². The Balaban J connectivity index is 2.57. The predicted octanol–water partition coefficient (Wildman–Crippen LogP) is 2.52. The summed E-state index contributed by atoms with van der Waals surface area (Å²) in [5.74, 6) is 0. The molecule has 90 valence electrons. The first-order valence-corrected chi connectivity index (χ1v) is 7.32. The second-order valence-electron chi connectivity index (χ2n) is 3.45. The largest absolute Gasteiger partial charge is 0.375 e. The van der Waals surface area contributed by atoms with Crippen LogP contribution in [0.1, 0.15) is 5.56 Å². The molecule has 2 N–H and O–H groups in total. The molecule has 7 heteroatoms. The summed E-state index contributed by atoms with van der Waals surface area (Å²) < 4.78 is 24.5. The van der Waals surface area contributed by atoms with Crippen LogP contribution in [-0.4, -0.2) is 13.4 Å². The lowest BCUT2D eigenvalue weighted by atomic mass is 10.2. The number of hydrogen-bond acceptors (Lipinski definition) is 5. The number of halogens is 1. The van der Waals surface area contributed by atoms with E-state index < -0.39 is 9.84 Å². The Morgan fingerprint density at radius 1 is 1.29 bits per heavy atom. The Labute approximate surface area is 108 Å². The fourth-order valence-electron chi connectivity index (χ4n) is 1.30. The smallest absolute Gasteiger partial charge is 0.226 e. The highest BCUT2D eigenvalue weighted by atomic mass is 35.5. The molecule has 0 bridgehead atoms. The molecule has 0 aliphatic heterocycles. The van der Waals surface area contributed by atoms with Crippen molar-refractivity contribution in [3.8, 4) is 0 Å². The number of benzene rings is 1. The second-order valence-corrected chi connectivity index (χ2v) is 6.95. The number of nitrogens with two attached hydrogens (primary N) is 1. The van der Waals surface area contributed by atoms with Crippen LogP contribution in [0.4, 0.5) is 5.13 Å². The van der Waals surface area contributed by atoms with Gasteiger partial charge in [0.1, 0.15) is 4.34 Å². The molecule has 1 aromatic carbocycles. The molecule has 0 saturated heterocycles. The van der Waals surface area contributed by atoms with Gasteiger partial charge in [0.2, 0.25) is 9.84 Å². The molecule has 0 atom stereocenters. The number of rotatable bonds is 2. The number of nitrogen functional groups attached to an aromatic ring is 1. The zero-order valence-electron chi connectivity index (χ0n) is 8.84. The van der Waals surface area contributed by atoms with Crippen LogP contribution in [0.3, 0.4) is 0 Å². The fraction of sp³-hybridized carbons (Fsp3) is 0.100. The van der Waals surface area contributed by atoms with Crippen molar-refractivity contribution in [1.29, 1.82) is 0 Å². The quantitative estimate of drug-likeness (QED) is 0.921. The number of nitrogens with zero attached hydrogens (tertiary/aromatic N) is 1. The first-order valence-electron chi connectivity index (χ1n) is 4.65. The van der Waals surface area contributed by atoms with Crippen LogP contribution in [0.15, 0.2) is 34.2 Å². The van der Waals surface area contributed by atoms with Crippen molar-refractivity contribution in [3.05, 3.63) is 34.2 Å². The summed E-state index contributed by atoms with van der Waals surface area (Å²) >= 11 is 6.75. The minimum Gasteiger partial charge on any atom is -0.375 e. The van der Waals surface area contributed by atoms with Crippen molar-refractivity contribution in [2.24, 2.45) is 0 Å². The Kier molecular flexibility index (Phi) is 3.11. The van der Waals surface area contributed by atoms with Gasteiger partial charge in [0, 0.05) is 0 Å². The summed E-state index contributed by atoms with van der Waals surface area (Å²) in [6.07, 6.45) is 0. The van der Waals surface area contributed by atoms with Crippen molar-refractivity contribution in [3.63, 3.8) is 0 Å². The summed E-state index contributed by atoms with van der Waals surface area (Å²) in [5, 5.41) is -0.0359. The number of hydrogen-bond donors (Lipinski definition) is 1. The van der Waals surface area contributed by atoms with Crippen molar-refractivity contribution in [1.82, 2.24) is 4.98 Å². The van der Waals surface area contributed by atoms with Gasteiger partial charge in [-0.3, -0.25) is 0 Å². The molecule has 17 heavy (non-hydrogen) atoms. The predicted molar refractivity (Wildman–Crippen MR) is 68.2 cm³/mol. The van der Waals surface area contributed by atoms with E-state index in [4.69, 9.17) is 17.3 Å². The van der Waals surface area contributed by atoms with E-state index in [-0.39, 0.29) is 19.4 Å². The Morgan fingerprint density at radius 2 is 1.88 bits per heavy atom. The van der Waals surface area contributed by atoms with Crippen LogP contribution in [-0.2, 0) is 9.84 Å². The lowest BCUT2D eigenvalue weighted by Gasteiger charge is -2.02. The number of thiazole rings is 1. The third-order valence-electron chi connectivity index (χ3n) is 2.16. The molecular weight excluding hydrogens is 280 g/mol. The molecule has 2 aromatic rings. The van der Waals surface area contributed by atoms with E-state index in [9.17, 15) is 8.42 Å². The number of anilines is 1. The fourth-order valence-corrected chi connectivity index (χ4v) is 3.99. The van der Waals surface area contributed by atoms with Crippen LogP contribution in [0, 0.1) is 6.92 Å². The van der Waals surface area contributed by atoms with Gasteiger partial charge in [-0.05, 0) is 19.1 Å². The van der Waals surface area contributed by atoms with Gasteiger partial charge in [0.05, 0.1) is 4.90 Å². The summed E-state index contributed by atoms with van der Waals surface area (Å²) in [6, 6.07) is 6.49. The Bertz CT molecular complexity index is 647. The Hall–Kier alpha value is -1.11. The number of aromatic nitrogens is 1. The van der Waals surface area contributed by atoms with E-state index in [0.717, 1.165) is 16.9 Å². The summed E-state index contributed by atoms with van der Waals surface area (Å²) in [4.78, 5) is 3.92. The second kappa shape index (κ2) is 4.29. The number of aryl methyl sites for hydroxylation is 1. The van der Waals surface area contributed by atoms with Gasteiger partial charge >= 0.3 is 0 Å². The van der Waals surface area contributed by atoms with Gasteiger partial charge in [-0.15, -0.1) is 0 Å². The molecule has 0 aliphatic rings. The SMILES string of the molecule is Cc1ccc(S(=O)(=O)c2nc(N)sc2Cl)cc1. The first-order chi connectivity index (χ1) is 7.91. The third kappa shape index (κ3) is 2.29. The molecule has 0 radical (unpaired) electrons. The highest BCUT2D eigenvalue weighted by Crippen LogP contribution is 2.32. The van der Waals surface area contributed by atoms with Crippen LogP contribution in [0.25, 0.3) is 0 Å². The summed E-state index contributed by atoms with van der Waals surface area (Å²) in [5.41, 5.74) is 6.42. The van der Waals surface area contributed by atoms with E-state index >= 15 is 0 Å². The molecule has 2 rings (SSSR count). The molecule has 4 nitrogen and oxygen atoms in total. The molecule has 1 heterocycles.